The van der Waals surface area contributed by atoms with Gasteiger partial charge in [-0.2, -0.15) is 0 Å². The molecule has 2 heteroatoms. The van der Waals surface area contributed by atoms with Crippen molar-refractivity contribution in [1.82, 2.24) is 5.32 Å². The Balaban J connectivity index is 2.00. The number of rotatable bonds is 4. The molecule has 0 saturated carbocycles. The van der Waals surface area contributed by atoms with Gasteiger partial charge in [-0.3, -0.25) is 0 Å². The number of hydrogen-bond acceptors (Lipinski definition) is 2. The fourth-order valence-electron chi connectivity index (χ4n) is 2.67. The first-order valence-corrected chi connectivity index (χ1v) is 6.86. The molecule has 1 unspecified atom stereocenters. The highest BCUT2D eigenvalue weighted by atomic mass is 14.9. The maximum Gasteiger partial charge on any atom is 0.0324 e. The van der Waals surface area contributed by atoms with E-state index in [1.54, 1.807) is 0 Å². The van der Waals surface area contributed by atoms with E-state index in [0.29, 0.717) is 5.92 Å². The number of nitrogens with two attached hydrogens (primary N) is 1. The molecule has 1 atom stereocenters. The van der Waals surface area contributed by atoms with E-state index in [0.717, 1.165) is 13.1 Å². The Morgan fingerprint density at radius 3 is 2.47 bits per heavy atom. The van der Waals surface area contributed by atoms with Crippen LogP contribution in [0.15, 0.2) is 24.3 Å². The van der Waals surface area contributed by atoms with Crippen LogP contribution >= 0.6 is 0 Å². The van der Waals surface area contributed by atoms with Crippen LogP contribution in [0.25, 0.3) is 0 Å². The Labute approximate surface area is 105 Å². The molecular weight excluding hydrogens is 208 g/mol. The largest absolute Gasteiger partial charge is 0.324 e. The van der Waals surface area contributed by atoms with Gasteiger partial charge in [-0.15, -0.1) is 0 Å². The molecule has 17 heavy (non-hydrogen) atoms. The second-order valence-electron chi connectivity index (χ2n) is 5.10. The zero-order valence-corrected chi connectivity index (χ0v) is 10.8. The third-order valence-electron chi connectivity index (χ3n) is 3.79. The van der Waals surface area contributed by atoms with Gasteiger partial charge in [0.2, 0.25) is 0 Å². The average Bonchev–Trinajstić information content (AvgIpc) is 2.40. The normalized spacial score (nSPS) is 19.2. The molecule has 3 N–H and O–H groups in total. The van der Waals surface area contributed by atoms with E-state index in [1.165, 1.54) is 36.8 Å². The highest BCUT2D eigenvalue weighted by Crippen LogP contribution is 2.26. The van der Waals surface area contributed by atoms with Gasteiger partial charge in [0.15, 0.2) is 0 Å². The quantitative estimate of drug-likeness (QED) is 0.837. The average molecular weight is 232 g/mol. The van der Waals surface area contributed by atoms with Gasteiger partial charge in [0.25, 0.3) is 0 Å². The van der Waals surface area contributed by atoms with Crippen molar-refractivity contribution in [2.75, 3.05) is 13.1 Å². The third-order valence-corrected chi connectivity index (χ3v) is 3.79. The van der Waals surface area contributed by atoms with E-state index in [-0.39, 0.29) is 6.04 Å². The van der Waals surface area contributed by atoms with Gasteiger partial charge in [0.1, 0.15) is 0 Å². The van der Waals surface area contributed by atoms with E-state index in [2.05, 4.69) is 36.5 Å². The molecule has 2 nitrogen and oxygen atoms in total. The highest BCUT2D eigenvalue weighted by Gasteiger charge is 2.21. The lowest BCUT2D eigenvalue weighted by Gasteiger charge is -2.28. The van der Waals surface area contributed by atoms with Crippen LogP contribution < -0.4 is 11.1 Å². The minimum absolute atomic E-state index is 0.216. The lowest BCUT2D eigenvalue weighted by molar-refractivity contribution is 0.322. The third kappa shape index (κ3) is 3.30. The van der Waals surface area contributed by atoms with Crippen LogP contribution in [0.4, 0.5) is 0 Å². The topological polar surface area (TPSA) is 38.0 Å². The fraction of sp³-hybridized carbons (Fsp3) is 0.600. The molecule has 1 aromatic rings. The zero-order chi connectivity index (χ0) is 12.1. The Kier molecular flexibility index (Phi) is 4.57. The maximum absolute atomic E-state index is 6.37. The first kappa shape index (κ1) is 12.6. The van der Waals surface area contributed by atoms with E-state index >= 15 is 0 Å². The van der Waals surface area contributed by atoms with Gasteiger partial charge in [-0.1, -0.05) is 37.6 Å². The van der Waals surface area contributed by atoms with Crippen LogP contribution in [0.3, 0.4) is 0 Å². The summed E-state index contributed by atoms with van der Waals surface area (Å²) in [6.07, 6.45) is 4.79. The molecular formula is C15H24N2. The SMILES string of the molecule is CCCc1ccc(C(N)C2CCNCC2)cc1. The number of piperidine rings is 1. The molecule has 2 rings (SSSR count). The second kappa shape index (κ2) is 6.18. The summed E-state index contributed by atoms with van der Waals surface area (Å²) in [4.78, 5) is 0. The van der Waals surface area contributed by atoms with E-state index in [4.69, 9.17) is 5.73 Å². The standard InChI is InChI=1S/C15H24N2/c1-2-3-12-4-6-13(7-5-12)15(16)14-8-10-17-11-9-14/h4-7,14-15,17H,2-3,8-11,16H2,1H3. The molecule has 0 bridgehead atoms. The van der Waals surface area contributed by atoms with Gasteiger partial charge < -0.3 is 11.1 Å². The molecule has 1 aliphatic heterocycles. The van der Waals surface area contributed by atoms with Crippen LogP contribution in [0.1, 0.15) is 43.4 Å². The van der Waals surface area contributed by atoms with Crippen LogP contribution in [0.5, 0.6) is 0 Å². The number of aryl methyl sites for hydroxylation is 1. The number of benzene rings is 1. The summed E-state index contributed by atoms with van der Waals surface area (Å²) in [5, 5.41) is 3.39. The fourth-order valence-corrected chi connectivity index (χ4v) is 2.67. The van der Waals surface area contributed by atoms with Crippen LogP contribution in [0.2, 0.25) is 0 Å². The highest BCUT2D eigenvalue weighted by molar-refractivity contribution is 5.25. The predicted octanol–water partition coefficient (Wildman–Crippen LogP) is 2.64. The molecule has 0 spiro atoms. The van der Waals surface area contributed by atoms with Crippen LogP contribution in [-0.4, -0.2) is 13.1 Å². The van der Waals surface area contributed by atoms with Gasteiger partial charge in [-0.25, -0.2) is 0 Å². The van der Waals surface area contributed by atoms with Crippen molar-refractivity contribution >= 4 is 0 Å². The molecule has 94 valence electrons. The van der Waals surface area contributed by atoms with E-state index in [9.17, 15) is 0 Å². The zero-order valence-electron chi connectivity index (χ0n) is 10.8. The van der Waals surface area contributed by atoms with Gasteiger partial charge in [-0.05, 0) is 49.4 Å². The summed E-state index contributed by atoms with van der Waals surface area (Å²) in [6.45, 7) is 4.45. The molecule has 1 fully saturated rings. The van der Waals surface area contributed by atoms with E-state index < -0.39 is 0 Å². The molecule has 1 heterocycles. The smallest absolute Gasteiger partial charge is 0.0324 e. The first-order chi connectivity index (χ1) is 8.31. The van der Waals surface area contributed by atoms with Crippen molar-refractivity contribution in [3.05, 3.63) is 35.4 Å². The summed E-state index contributed by atoms with van der Waals surface area (Å²) in [6, 6.07) is 9.13. The maximum atomic E-state index is 6.37. The number of nitrogens with one attached hydrogen (secondary N) is 1. The van der Waals surface area contributed by atoms with Crippen molar-refractivity contribution < 1.29 is 0 Å². The summed E-state index contributed by atoms with van der Waals surface area (Å²) < 4.78 is 0. The van der Waals surface area contributed by atoms with Gasteiger partial charge in [0.05, 0.1) is 0 Å². The summed E-state index contributed by atoms with van der Waals surface area (Å²) in [5.41, 5.74) is 9.09. The molecule has 0 amide bonds. The Hall–Kier alpha value is -0.860. The van der Waals surface area contributed by atoms with Crippen LogP contribution in [-0.2, 0) is 6.42 Å². The number of hydrogen-bond donors (Lipinski definition) is 2. The monoisotopic (exact) mass is 232 g/mol. The Morgan fingerprint density at radius 1 is 1.24 bits per heavy atom. The van der Waals surface area contributed by atoms with Crippen LogP contribution in [0, 0.1) is 5.92 Å². The van der Waals surface area contributed by atoms with Gasteiger partial charge in [0, 0.05) is 6.04 Å². The Morgan fingerprint density at radius 2 is 1.88 bits per heavy atom. The summed E-state index contributed by atoms with van der Waals surface area (Å²) in [5.74, 6) is 0.647. The van der Waals surface area contributed by atoms with Crippen molar-refractivity contribution in [1.29, 1.82) is 0 Å². The second-order valence-corrected chi connectivity index (χ2v) is 5.10. The predicted molar refractivity (Wildman–Crippen MR) is 73.0 cm³/mol. The molecule has 0 radical (unpaired) electrons. The summed E-state index contributed by atoms with van der Waals surface area (Å²) in [7, 11) is 0. The molecule has 1 aromatic carbocycles. The minimum atomic E-state index is 0.216. The lowest BCUT2D eigenvalue weighted by Crippen LogP contribution is -2.33. The van der Waals surface area contributed by atoms with Crippen molar-refractivity contribution in [2.24, 2.45) is 11.7 Å². The van der Waals surface area contributed by atoms with Crippen molar-refractivity contribution in [2.45, 2.75) is 38.6 Å². The van der Waals surface area contributed by atoms with Gasteiger partial charge >= 0.3 is 0 Å². The molecule has 1 aliphatic rings. The minimum Gasteiger partial charge on any atom is -0.324 e. The summed E-state index contributed by atoms with van der Waals surface area (Å²) >= 11 is 0. The molecule has 1 saturated heterocycles. The van der Waals surface area contributed by atoms with Crippen molar-refractivity contribution in [3.63, 3.8) is 0 Å². The molecule has 0 aromatic heterocycles. The Bertz CT molecular complexity index is 325. The first-order valence-electron chi connectivity index (χ1n) is 6.86. The van der Waals surface area contributed by atoms with Crippen molar-refractivity contribution in [3.8, 4) is 0 Å². The van der Waals surface area contributed by atoms with E-state index in [1.807, 2.05) is 0 Å². The molecule has 0 aliphatic carbocycles. The lowest BCUT2D eigenvalue weighted by atomic mass is 9.86.